The molecule has 0 spiro atoms. The average Bonchev–Trinajstić information content (AvgIpc) is 2.35. The van der Waals surface area contributed by atoms with Crippen LogP contribution in [0.25, 0.3) is 0 Å². The highest BCUT2D eigenvalue weighted by Gasteiger charge is 2.03. The Balaban J connectivity index is 2.67. The van der Waals surface area contributed by atoms with Crippen LogP contribution in [-0.4, -0.2) is 16.8 Å². The first kappa shape index (κ1) is 13.2. The van der Waals surface area contributed by atoms with Gasteiger partial charge in [-0.05, 0) is 43.5 Å². The fourth-order valence-electron chi connectivity index (χ4n) is 1.25. The van der Waals surface area contributed by atoms with Crippen LogP contribution in [0.1, 0.15) is 37.6 Å². The van der Waals surface area contributed by atoms with E-state index in [4.69, 9.17) is 5.11 Å². The van der Waals surface area contributed by atoms with Crippen molar-refractivity contribution in [3.63, 3.8) is 0 Å². The molecule has 1 aromatic carbocycles. The maximum atomic E-state index is 10.7. The van der Waals surface area contributed by atoms with Gasteiger partial charge in [-0.2, -0.15) is 5.10 Å². The van der Waals surface area contributed by atoms with Crippen molar-refractivity contribution in [2.75, 3.05) is 5.43 Å². The van der Waals surface area contributed by atoms with Crippen LogP contribution in [-0.2, 0) is 0 Å². The topological polar surface area (TPSA) is 61.7 Å². The second-order valence-corrected chi connectivity index (χ2v) is 4.06. The second kappa shape index (κ2) is 6.03. The van der Waals surface area contributed by atoms with Gasteiger partial charge in [0.15, 0.2) is 0 Å². The Morgan fingerprint density at radius 2 is 2.00 bits per heavy atom. The van der Waals surface area contributed by atoms with Crippen molar-refractivity contribution in [2.45, 2.75) is 27.2 Å². The lowest BCUT2D eigenvalue weighted by Gasteiger charge is -2.08. The molecule has 0 bridgehead atoms. The number of nitrogens with one attached hydrogen (secondary N) is 1. The van der Waals surface area contributed by atoms with E-state index >= 15 is 0 Å². The van der Waals surface area contributed by atoms with Crippen LogP contribution in [0.5, 0.6) is 0 Å². The molecule has 1 rings (SSSR count). The fraction of sp³-hybridized carbons (Fsp3) is 0.385. The first-order valence-corrected chi connectivity index (χ1v) is 5.68. The SMILES string of the molecule is CC[C@H](C)/C(C)=N\Nc1ccc(C(=O)O)cc1. The zero-order valence-corrected chi connectivity index (χ0v) is 10.4. The molecule has 0 aliphatic rings. The largest absolute Gasteiger partial charge is 0.478 e. The summed E-state index contributed by atoms with van der Waals surface area (Å²) in [7, 11) is 0. The summed E-state index contributed by atoms with van der Waals surface area (Å²) in [6, 6.07) is 6.52. The summed E-state index contributed by atoms with van der Waals surface area (Å²) in [5, 5.41) is 13.0. The normalized spacial score (nSPS) is 13.2. The summed E-state index contributed by atoms with van der Waals surface area (Å²) in [6.07, 6.45) is 1.05. The van der Waals surface area contributed by atoms with Crippen LogP contribution in [0.3, 0.4) is 0 Å². The number of anilines is 1. The number of carbonyl (C=O) groups is 1. The zero-order valence-electron chi connectivity index (χ0n) is 10.4. The quantitative estimate of drug-likeness (QED) is 0.607. The van der Waals surface area contributed by atoms with E-state index in [1.807, 2.05) is 6.92 Å². The van der Waals surface area contributed by atoms with Crippen LogP contribution in [0.4, 0.5) is 5.69 Å². The van der Waals surface area contributed by atoms with Crippen molar-refractivity contribution in [1.29, 1.82) is 0 Å². The van der Waals surface area contributed by atoms with Gasteiger partial charge < -0.3 is 5.11 Å². The molecule has 2 N–H and O–H groups in total. The van der Waals surface area contributed by atoms with Gasteiger partial charge in [-0.3, -0.25) is 5.43 Å². The molecule has 1 aromatic rings. The Kier molecular flexibility index (Phi) is 4.69. The first-order valence-electron chi connectivity index (χ1n) is 5.68. The molecule has 0 saturated carbocycles. The molecule has 0 aromatic heterocycles. The number of aromatic carboxylic acids is 1. The third kappa shape index (κ3) is 3.90. The Morgan fingerprint density at radius 3 is 2.47 bits per heavy atom. The van der Waals surface area contributed by atoms with Crippen LogP contribution >= 0.6 is 0 Å². The zero-order chi connectivity index (χ0) is 12.8. The maximum Gasteiger partial charge on any atom is 0.335 e. The Bertz CT molecular complexity index is 410. The Hall–Kier alpha value is -1.84. The second-order valence-electron chi connectivity index (χ2n) is 4.06. The minimum Gasteiger partial charge on any atom is -0.478 e. The van der Waals surface area contributed by atoms with Crippen molar-refractivity contribution < 1.29 is 9.90 Å². The van der Waals surface area contributed by atoms with Gasteiger partial charge in [0, 0.05) is 5.71 Å². The lowest BCUT2D eigenvalue weighted by atomic mass is 10.1. The van der Waals surface area contributed by atoms with E-state index in [0.717, 1.165) is 17.8 Å². The molecule has 17 heavy (non-hydrogen) atoms. The smallest absolute Gasteiger partial charge is 0.335 e. The number of rotatable bonds is 5. The molecule has 0 heterocycles. The maximum absolute atomic E-state index is 10.7. The number of hydrogen-bond donors (Lipinski definition) is 2. The number of carboxylic acids is 1. The van der Waals surface area contributed by atoms with E-state index in [1.165, 1.54) is 0 Å². The lowest BCUT2D eigenvalue weighted by Crippen LogP contribution is -2.07. The molecular weight excluding hydrogens is 216 g/mol. The fourth-order valence-corrected chi connectivity index (χ4v) is 1.25. The van der Waals surface area contributed by atoms with Crippen molar-refractivity contribution >= 4 is 17.4 Å². The van der Waals surface area contributed by atoms with E-state index < -0.39 is 5.97 Å². The molecule has 0 saturated heterocycles. The number of carboxylic acid groups (broad SMARTS) is 1. The standard InChI is InChI=1S/C13H18N2O2/c1-4-9(2)10(3)14-15-12-7-5-11(6-8-12)13(16)17/h5-9,15H,4H2,1-3H3,(H,16,17)/b14-10-/t9-/m0/s1. The van der Waals surface area contributed by atoms with Gasteiger partial charge in [0.05, 0.1) is 11.3 Å². The summed E-state index contributed by atoms with van der Waals surface area (Å²) >= 11 is 0. The van der Waals surface area contributed by atoms with E-state index in [9.17, 15) is 4.79 Å². The number of benzene rings is 1. The summed E-state index contributed by atoms with van der Waals surface area (Å²) in [5.74, 6) is -0.475. The molecule has 0 aliphatic heterocycles. The number of hydrazone groups is 1. The molecule has 92 valence electrons. The van der Waals surface area contributed by atoms with E-state index in [0.29, 0.717) is 5.92 Å². The molecule has 0 fully saturated rings. The minimum absolute atomic E-state index is 0.276. The first-order chi connectivity index (χ1) is 8.04. The molecular formula is C13H18N2O2. The predicted molar refractivity (Wildman–Crippen MR) is 69.6 cm³/mol. The molecule has 4 nitrogen and oxygen atoms in total. The van der Waals surface area contributed by atoms with Crippen LogP contribution in [0.15, 0.2) is 29.4 Å². The highest BCUT2D eigenvalue weighted by atomic mass is 16.4. The van der Waals surface area contributed by atoms with Crippen LogP contribution in [0, 0.1) is 5.92 Å². The molecule has 0 unspecified atom stereocenters. The number of hydrogen-bond acceptors (Lipinski definition) is 3. The number of nitrogens with zero attached hydrogens (tertiary/aromatic N) is 1. The summed E-state index contributed by atoms with van der Waals surface area (Å²) in [5.41, 5.74) is 5.02. The van der Waals surface area contributed by atoms with Gasteiger partial charge >= 0.3 is 5.97 Å². The van der Waals surface area contributed by atoms with Crippen LogP contribution < -0.4 is 5.43 Å². The van der Waals surface area contributed by atoms with E-state index in [2.05, 4.69) is 24.4 Å². The monoisotopic (exact) mass is 234 g/mol. The predicted octanol–water partition coefficient (Wildman–Crippen LogP) is 3.22. The highest BCUT2D eigenvalue weighted by molar-refractivity contribution is 5.88. The van der Waals surface area contributed by atoms with Crippen molar-refractivity contribution in [3.8, 4) is 0 Å². The molecule has 0 amide bonds. The van der Waals surface area contributed by atoms with E-state index in [-0.39, 0.29) is 5.56 Å². The Labute approximate surface area is 101 Å². The van der Waals surface area contributed by atoms with E-state index in [1.54, 1.807) is 24.3 Å². The summed E-state index contributed by atoms with van der Waals surface area (Å²) in [4.78, 5) is 10.7. The summed E-state index contributed by atoms with van der Waals surface area (Å²) < 4.78 is 0. The molecule has 1 atom stereocenters. The Morgan fingerprint density at radius 1 is 1.41 bits per heavy atom. The average molecular weight is 234 g/mol. The van der Waals surface area contributed by atoms with Gasteiger partial charge in [-0.15, -0.1) is 0 Å². The lowest BCUT2D eigenvalue weighted by molar-refractivity contribution is 0.0697. The van der Waals surface area contributed by atoms with Crippen molar-refractivity contribution in [3.05, 3.63) is 29.8 Å². The minimum atomic E-state index is -0.921. The van der Waals surface area contributed by atoms with Crippen molar-refractivity contribution in [2.24, 2.45) is 11.0 Å². The third-order valence-electron chi connectivity index (χ3n) is 2.82. The molecule has 4 heteroatoms. The third-order valence-corrected chi connectivity index (χ3v) is 2.82. The van der Waals surface area contributed by atoms with Gasteiger partial charge in [0.25, 0.3) is 0 Å². The molecule has 0 radical (unpaired) electrons. The van der Waals surface area contributed by atoms with Gasteiger partial charge in [0.1, 0.15) is 0 Å². The van der Waals surface area contributed by atoms with Gasteiger partial charge in [-0.1, -0.05) is 13.8 Å². The molecule has 0 aliphatic carbocycles. The van der Waals surface area contributed by atoms with Gasteiger partial charge in [-0.25, -0.2) is 4.79 Å². The summed E-state index contributed by atoms with van der Waals surface area (Å²) in [6.45, 7) is 6.21. The van der Waals surface area contributed by atoms with Gasteiger partial charge in [0.2, 0.25) is 0 Å². The van der Waals surface area contributed by atoms with Crippen molar-refractivity contribution in [1.82, 2.24) is 0 Å². The van der Waals surface area contributed by atoms with Crippen LogP contribution in [0.2, 0.25) is 0 Å². The highest BCUT2D eigenvalue weighted by Crippen LogP contribution is 2.10.